The van der Waals surface area contributed by atoms with Gasteiger partial charge in [-0.3, -0.25) is 0 Å². The van der Waals surface area contributed by atoms with Crippen molar-refractivity contribution in [3.8, 4) is 55.9 Å². The standard InChI is InChI=1S/C53H34N2/c1-33-20-24-37(25-21-33)54-49-18-6-4-14-42(49)47-31-34(22-28-51(47)54)35-23-29-52-48(32-35)43-15-5-7-19-50(43)55(52)38-11-8-10-36(30-38)39-26-27-46-41-13-3-2-12-40(41)45-17-9-16-44(39)53(45)46/h2-32H,1H3. The molecule has 1 aliphatic rings. The van der Waals surface area contributed by atoms with Crippen molar-refractivity contribution in [2.45, 2.75) is 6.92 Å². The molecule has 0 unspecified atom stereocenters. The van der Waals surface area contributed by atoms with Gasteiger partial charge in [0.2, 0.25) is 0 Å². The lowest BCUT2D eigenvalue weighted by Gasteiger charge is -2.13. The highest BCUT2D eigenvalue weighted by Gasteiger charge is 2.23. The molecule has 2 heterocycles. The molecule has 0 radical (unpaired) electrons. The van der Waals surface area contributed by atoms with Gasteiger partial charge < -0.3 is 9.13 Å². The number of aryl methyl sites for hydroxylation is 1. The Morgan fingerprint density at radius 3 is 1.47 bits per heavy atom. The molecule has 0 saturated heterocycles. The van der Waals surface area contributed by atoms with Crippen LogP contribution >= 0.6 is 0 Å². The smallest absolute Gasteiger partial charge is 0.0541 e. The van der Waals surface area contributed by atoms with Gasteiger partial charge in [0.05, 0.1) is 22.1 Å². The van der Waals surface area contributed by atoms with Gasteiger partial charge in [0.25, 0.3) is 0 Å². The first-order valence-electron chi connectivity index (χ1n) is 19.1. The molecule has 2 aromatic heterocycles. The second kappa shape index (κ2) is 11.4. The van der Waals surface area contributed by atoms with E-state index in [0.717, 1.165) is 5.69 Å². The number of nitrogens with zero attached hydrogens (tertiary/aromatic N) is 2. The second-order valence-corrected chi connectivity index (χ2v) is 15.0. The van der Waals surface area contributed by atoms with E-state index >= 15 is 0 Å². The maximum atomic E-state index is 2.44. The van der Waals surface area contributed by atoms with E-state index in [2.05, 4.69) is 204 Å². The third-order valence-corrected chi connectivity index (χ3v) is 11.9. The minimum Gasteiger partial charge on any atom is -0.309 e. The Labute approximate surface area is 318 Å². The maximum absolute atomic E-state index is 2.44. The van der Waals surface area contributed by atoms with Crippen LogP contribution < -0.4 is 0 Å². The molecule has 9 aromatic carbocycles. The van der Waals surface area contributed by atoms with Crippen LogP contribution in [0.2, 0.25) is 0 Å². The molecular formula is C53H34N2. The summed E-state index contributed by atoms with van der Waals surface area (Å²) in [5, 5.41) is 7.69. The highest BCUT2D eigenvalue weighted by Crippen LogP contribution is 2.49. The molecule has 12 rings (SSSR count). The van der Waals surface area contributed by atoms with E-state index in [1.165, 1.54) is 110 Å². The van der Waals surface area contributed by atoms with Crippen molar-refractivity contribution in [3.05, 3.63) is 194 Å². The third-order valence-electron chi connectivity index (χ3n) is 11.9. The Morgan fingerprint density at radius 2 is 0.800 bits per heavy atom. The first-order valence-corrected chi connectivity index (χ1v) is 19.1. The fourth-order valence-electron chi connectivity index (χ4n) is 9.43. The van der Waals surface area contributed by atoms with Crippen LogP contribution in [0.25, 0.3) is 110 Å². The lowest BCUT2D eigenvalue weighted by Crippen LogP contribution is -1.94. The monoisotopic (exact) mass is 698 g/mol. The fourth-order valence-corrected chi connectivity index (χ4v) is 9.43. The molecule has 2 heteroatoms. The number of para-hydroxylation sites is 2. The molecule has 0 fully saturated rings. The molecule has 0 saturated carbocycles. The van der Waals surface area contributed by atoms with E-state index in [-0.39, 0.29) is 0 Å². The summed E-state index contributed by atoms with van der Waals surface area (Å²) in [6, 6.07) is 69.7. The van der Waals surface area contributed by atoms with Crippen molar-refractivity contribution >= 4 is 54.4 Å². The minimum atomic E-state index is 1.16. The van der Waals surface area contributed by atoms with Gasteiger partial charge in [0.15, 0.2) is 0 Å². The van der Waals surface area contributed by atoms with Crippen molar-refractivity contribution < 1.29 is 0 Å². The maximum Gasteiger partial charge on any atom is 0.0541 e. The van der Waals surface area contributed by atoms with E-state index < -0.39 is 0 Å². The predicted molar refractivity (Wildman–Crippen MR) is 233 cm³/mol. The van der Waals surface area contributed by atoms with Gasteiger partial charge in [0, 0.05) is 32.9 Å². The third kappa shape index (κ3) is 4.37. The van der Waals surface area contributed by atoms with E-state index in [1.54, 1.807) is 0 Å². The number of hydrogen-bond donors (Lipinski definition) is 0. The number of aromatic nitrogens is 2. The van der Waals surface area contributed by atoms with Crippen LogP contribution in [0, 0.1) is 6.92 Å². The van der Waals surface area contributed by atoms with Gasteiger partial charge in [-0.15, -0.1) is 0 Å². The van der Waals surface area contributed by atoms with Crippen molar-refractivity contribution in [2.24, 2.45) is 0 Å². The summed E-state index contributed by atoms with van der Waals surface area (Å²) in [5.74, 6) is 0. The Morgan fingerprint density at radius 1 is 0.291 bits per heavy atom. The SMILES string of the molecule is Cc1ccc(-n2c3ccccc3c3cc(-c4ccc5c(c4)c4ccccc4n5-c4cccc(-c5ccc6c7c(cccc57)-c5ccccc5-6)c4)ccc32)cc1. The largest absolute Gasteiger partial charge is 0.309 e. The second-order valence-electron chi connectivity index (χ2n) is 15.0. The van der Waals surface area contributed by atoms with E-state index in [9.17, 15) is 0 Å². The summed E-state index contributed by atoms with van der Waals surface area (Å²) in [5.41, 5.74) is 18.7. The topological polar surface area (TPSA) is 9.86 Å². The first-order chi connectivity index (χ1) is 27.2. The molecule has 256 valence electrons. The minimum absolute atomic E-state index is 1.16. The number of fused-ring (bicyclic) bond motifs is 9. The summed E-state index contributed by atoms with van der Waals surface area (Å²) >= 11 is 0. The average Bonchev–Trinajstić information content (AvgIpc) is 3.88. The summed E-state index contributed by atoms with van der Waals surface area (Å²) in [6.07, 6.45) is 0. The first kappa shape index (κ1) is 30.3. The Bertz CT molecular complexity index is 3340. The quantitative estimate of drug-likeness (QED) is 0.173. The van der Waals surface area contributed by atoms with Gasteiger partial charge in [-0.2, -0.15) is 0 Å². The highest BCUT2D eigenvalue weighted by molar-refractivity contribution is 6.19. The van der Waals surface area contributed by atoms with Crippen LogP contribution in [0.4, 0.5) is 0 Å². The molecule has 2 nitrogen and oxygen atoms in total. The van der Waals surface area contributed by atoms with Crippen molar-refractivity contribution in [1.29, 1.82) is 0 Å². The van der Waals surface area contributed by atoms with Crippen LogP contribution in [0.15, 0.2) is 188 Å². The number of benzene rings is 9. The molecule has 0 N–H and O–H groups in total. The molecule has 55 heavy (non-hydrogen) atoms. The predicted octanol–water partition coefficient (Wildman–Crippen LogP) is 14.3. The Hall–Kier alpha value is -7.16. The van der Waals surface area contributed by atoms with Crippen LogP contribution in [-0.2, 0) is 0 Å². The zero-order valence-corrected chi connectivity index (χ0v) is 30.3. The normalized spacial score (nSPS) is 12.1. The molecule has 0 atom stereocenters. The molecule has 11 aromatic rings. The molecular weight excluding hydrogens is 665 g/mol. The Kier molecular flexibility index (Phi) is 6.29. The molecule has 1 aliphatic carbocycles. The van der Waals surface area contributed by atoms with Crippen LogP contribution in [0.1, 0.15) is 5.56 Å². The average molecular weight is 699 g/mol. The molecule has 0 bridgehead atoms. The van der Waals surface area contributed by atoms with Crippen molar-refractivity contribution in [2.75, 3.05) is 0 Å². The zero-order valence-electron chi connectivity index (χ0n) is 30.3. The summed E-state index contributed by atoms with van der Waals surface area (Å²) in [7, 11) is 0. The summed E-state index contributed by atoms with van der Waals surface area (Å²) < 4.78 is 4.83. The summed E-state index contributed by atoms with van der Waals surface area (Å²) in [4.78, 5) is 0. The van der Waals surface area contributed by atoms with Gasteiger partial charge in [-0.25, -0.2) is 0 Å². The van der Waals surface area contributed by atoms with Crippen LogP contribution in [0.3, 0.4) is 0 Å². The van der Waals surface area contributed by atoms with Crippen LogP contribution in [-0.4, -0.2) is 9.13 Å². The lowest BCUT2D eigenvalue weighted by atomic mass is 9.94. The van der Waals surface area contributed by atoms with E-state index in [0.29, 0.717) is 0 Å². The lowest BCUT2D eigenvalue weighted by molar-refractivity contribution is 1.17. The van der Waals surface area contributed by atoms with Gasteiger partial charge in [0.1, 0.15) is 0 Å². The van der Waals surface area contributed by atoms with E-state index in [1.807, 2.05) is 0 Å². The number of hydrogen-bond acceptors (Lipinski definition) is 0. The molecule has 0 amide bonds. The molecule has 0 aliphatic heterocycles. The van der Waals surface area contributed by atoms with Gasteiger partial charge in [-0.05, 0) is 123 Å². The highest BCUT2D eigenvalue weighted by atomic mass is 15.0. The van der Waals surface area contributed by atoms with Gasteiger partial charge >= 0.3 is 0 Å². The zero-order chi connectivity index (χ0) is 36.2. The summed E-state index contributed by atoms with van der Waals surface area (Å²) in [6.45, 7) is 2.14. The molecule has 0 spiro atoms. The van der Waals surface area contributed by atoms with Crippen molar-refractivity contribution in [1.82, 2.24) is 9.13 Å². The Balaban J connectivity index is 1.00. The number of rotatable bonds is 4. The van der Waals surface area contributed by atoms with Crippen molar-refractivity contribution in [3.63, 3.8) is 0 Å². The van der Waals surface area contributed by atoms with Crippen LogP contribution in [0.5, 0.6) is 0 Å². The van der Waals surface area contributed by atoms with Gasteiger partial charge in [-0.1, -0.05) is 133 Å². The fraction of sp³-hybridized carbons (Fsp3) is 0.0189. The van der Waals surface area contributed by atoms with E-state index in [4.69, 9.17) is 0 Å².